The fourth-order valence-corrected chi connectivity index (χ4v) is 3.18. The Labute approximate surface area is 177 Å². The van der Waals surface area contributed by atoms with Crippen LogP contribution in [0.25, 0.3) is 0 Å². The smallest absolute Gasteiger partial charge is 0.255 e. The van der Waals surface area contributed by atoms with Gasteiger partial charge in [-0.25, -0.2) is 0 Å². The van der Waals surface area contributed by atoms with Crippen LogP contribution >= 0.6 is 0 Å². The van der Waals surface area contributed by atoms with Crippen molar-refractivity contribution in [3.05, 3.63) is 58.7 Å². The van der Waals surface area contributed by atoms with E-state index in [1.165, 1.54) is 11.9 Å². The van der Waals surface area contributed by atoms with Gasteiger partial charge in [0, 0.05) is 12.7 Å². The van der Waals surface area contributed by atoms with Gasteiger partial charge < -0.3 is 20.3 Å². The van der Waals surface area contributed by atoms with E-state index in [0.717, 1.165) is 22.4 Å². The maximum absolute atomic E-state index is 12.4. The molecule has 3 amide bonds. The van der Waals surface area contributed by atoms with Crippen molar-refractivity contribution in [3.8, 4) is 5.75 Å². The molecule has 7 nitrogen and oxygen atoms in total. The molecule has 2 rings (SSSR count). The summed E-state index contributed by atoms with van der Waals surface area (Å²) in [6, 6.07) is 10.8. The third-order valence-electron chi connectivity index (χ3n) is 4.58. The number of likely N-dealkylation sites (N-methyl/N-ethyl adjacent to an activating group) is 1. The number of rotatable bonds is 8. The number of aryl methyl sites for hydroxylation is 3. The maximum atomic E-state index is 12.4. The Balaban J connectivity index is 1.91. The molecule has 0 bridgehead atoms. The fourth-order valence-electron chi connectivity index (χ4n) is 3.18. The molecule has 0 atom stereocenters. The van der Waals surface area contributed by atoms with Crippen molar-refractivity contribution in [3.63, 3.8) is 0 Å². The zero-order valence-electron chi connectivity index (χ0n) is 18.2. The van der Waals surface area contributed by atoms with Crippen molar-refractivity contribution in [2.45, 2.75) is 27.7 Å². The Kier molecular flexibility index (Phi) is 7.98. The SMILES string of the molecule is CCOc1ccccc1C(=O)NCC(=O)N(C)CC(=O)Nc1c(C)cc(C)cc1C. The number of carbonyl (C=O) groups is 3. The Morgan fingerprint density at radius 1 is 1.03 bits per heavy atom. The molecule has 0 aromatic heterocycles. The third kappa shape index (κ3) is 6.07. The van der Waals surface area contributed by atoms with Crippen molar-refractivity contribution < 1.29 is 19.1 Å². The average Bonchev–Trinajstić information content (AvgIpc) is 2.69. The van der Waals surface area contributed by atoms with E-state index in [9.17, 15) is 14.4 Å². The highest BCUT2D eigenvalue weighted by Crippen LogP contribution is 2.22. The lowest BCUT2D eigenvalue weighted by Gasteiger charge is -2.19. The number of benzene rings is 2. The Morgan fingerprint density at radius 2 is 1.67 bits per heavy atom. The first-order valence-electron chi connectivity index (χ1n) is 9.84. The van der Waals surface area contributed by atoms with E-state index in [1.807, 2.05) is 39.8 Å². The molecule has 0 aliphatic rings. The summed E-state index contributed by atoms with van der Waals surface area (Å²) in [5.74, 6) is -0.615. The normalized spacial score (nSPS) is 10.3. The topological polar surface area (TPSA) is 87.7 Å². The first-order valence-corrected chi connectivity index (χ1v) is 9.84. The molecular formula is C23H29N3O4. The molecule has 30 heavy (non-hydrogen) atoms. The van der Waals surface area contributed by atoms with Crippen LogP contribution in [0.4, 0.5) is 5.69 Å². The van der Waals surface area contributed by atoms with Gasteiger partial charge in [0.25, 0.3) is 5.91 Å². The van der Waals surface area contributed by atoms with Gasteiger partial charge >= 0.3 is 0 Å². The molecule has 2 aromatic carbocycles. The lowest BCUT2D eigenvalue weighted by atomic mass is 10.1. The second kappa shape index (κ2) is 10.4. The van der Waals surface area contributed by atoms with Crippen LogP contribution in [0.5, 0.6) is 5.75 Å². The quantitative estimate of drug-likeness (QED) is 0.699. The van der Waals surface area contributed by atoms with Crippen LogP contribution in [0.15, 0.2) is 36.4 Å². The average molecular weight is 412 g/mol. The van der Waals surface area contributed by atoms with Crippen molar-refractivity contribution >= 4 is 23.4 Å². The molecule has 2 aromatic rings. The van der Waals surface area contributed by atoms with E-state index in [2.05, 4.69) is 10.6 Å². The second-order valence-electron chi connectivity index (χ2n) is 7.18. The van der Waals surface area contributed by atoms with Gasteiger partial charge in [-0.3, -0.25) is 14.4 Å². The molecule has 160 valence electrons. The number of anilines is 1. The highest BCUT2D eigenvalue weighted by molar-refractivity contribution is 5.99. The minimum absolute atomic E-state index is 0.114. The standard InChI is InChI=1S/C23H29N3O4/c1-6-30-19-10-8-7-9-18(19)23(29)24-13-21(28)26(5)14-20(27)25-22-16(3)11-15(2)12-17(22)4/h7-12H,6,13-14H2,1-5H3,(H,24,29)(H,25,27). The van der Waals surface area contributed by atoms with Gasteiger partial charge in [0.1, 0.15) is 5.75 Å². The highest BCUT2D eigenvalue weighted by Gasteiger charge is 2.17. The zero-order chi connectivity index (χ0) is 22.3. The molecule has 2 N–H and O–H groups in total. The van der Waals surface area contributed by atoms with Crippen LogP contribution in [0, 0.1) is 20.8 Å². The predicted octanol–water partition coefficient (Wildman–Crippen LogP) is 2.84. The lowest BCUT2D eigenvalue weighted by molar-refractivity contribution is -0.132. The van der Waals surface area contributed by atoms with Gasteiger partial charge in [-0.1, -0.05) is 29.8 Å². The number of nitrogens with zero attached hydrogens (tertiary/aromatic N) is 1. The van der Waals surface area contributed by atoms with Gasteiger partial charge in [0.2, 0.25) is 11.8 Å². The van der Waals surface area contributed by atoms with Crippen LogP contribution < -0.4 is 15.4 Å². The molecule has 0 aliphatic carbocycles. The van der Waals surface area contributed by atoms with E-state index >= 15 is 0 Å². The molecule has 0 radical (unpaired) electrons. The lowest BCUT2D eigenvalue weighted by Crippen LogP contribution is -2.41. The number of amides is 3. The van der Waals surface area contributed by atoms with Crippen molar-refractivity contribution in [1.82, 2.24) is 10.2 Å². The van der Waals surface area contributed by atoms with Crippen molar-refractivity contribution in [2.24, 2.45) is 0 Å². The number of hydrogen-bond donors (Lipinski definition) is 2. The second-order valence-corrected chi connectivity index (χ2v) is 7.18. The molecule has 0 aliphatic heterocycles. The summed E-state index contributed by atoms with van der Waals surface area (Å²) in [4.78, 5) is 38.4. The van der Waals surface area contributed by atoms with Crippen LogP contribution in [0.2, 0.25) is 0 Å². The van der Waals surface area contributed by atoms with E-state index in [0.29, 0.717) is 17.9 Å². The van der Waals surface area contributed by atoms with Gasteiger partial charge in [-0.2, -0.15) is 0 Å². The predicted molar refractivity (Wildman–Crippen MR) is 117 cm³/mol. The minimum atomic E-state index is -0.406. The van der Waals surface area contributed by atoms with Crippen LogP contribution in [0.3, 0.4) is 0 Å². The number of ether oxygens (including phenoxy) is 1. The van der Waals surface area contributed by atoms with Gasteiger partial charge in [-0.05, 0) is 51.0 Å². The summed E-state index contributed by atoms with van der Waals surface area (Å²) in [7, 11) is 1.52. The summed E-state index contributed by atoms with van der Waals surface area (Å²) in [6.07, 6.45) is 0. The number of hydrogen-bond acceptors (Lipinski definition) is 4. The van der Waals surface area contributed by atoms with Gasteiger partial charge in [0.05, 0.1) is 25.3 Å². The first-order chi connectivity index (χ1) is 14.2. The molecular weight excluding hydrogens is 382 g/mol. The molecule has 0 spiro atoms. The van der Waals surface area contributed by atoms with E-state index in [4.69, 9.17) is 4.74 Å². The monoisotopic (exact) mass is 411 g/mol. The summed E-state index contributed by atoms with van der Waals surface area (Å²) in [5, 5.41) is 5.45. The van der Waals surface area contributed by atoms with Crippen molar-refractivity contribution in [2.75, 3.05) is 32.1 Å². The number of carbonyl (C=O) groups excluding carboxylic acids is 3. The summed E-state index contributed by atoms with van der Waals surface area (Å²) < 4.78 is 5.44. The summed E-state index contributed by atoms with van der Waals surface area (Å²) >= 11 is 0. The molecule has 0 fully saturated rings. The minimum Gasteiger partial charge on any atom is -0.493 e. The molecule has 0 saturated heterocycles. The third-order valence-corrected chi connectivity index (χ3v) is 4.58. The van der Waals surface area contributed by atoms with Crippen LogP contribution in [-0.2, 0) is 9.59 Å². The fraction of sp³-hybridized carbons (Fsp3) is 0.348. The Hall–Kier alpha value is -3.35. The molecule has 0 heterocycles. The van der Waals surface area contributed by atoms with E-state index < -0.39 is 5.91 Å². The van der Waals surface area contributed by atoms with Crippen molar-refractivity contribution in [1.29, 1.82) is 0 Å². The Morgan fingerprint density at radius 3 is 2.30 bits per heavy atom. The van der Waals surface area contributed by atoms with E-state index in [1.54, 1.807) is 24.3 Å². The Bertz CT molecular complexity index is 917. The van der Waals surface area contributed by atoms with Gasteiger partial charge in [0.15, 0.2) is 0 Å². The zero-order valence-corrected chi connectivity index (χ0v) is 18.2. The molecule has 0 saturated carbocycles. The van der Waals surface area contributed by atoms with Crippen LogP contribution in [-0.4, -0.2) is 49.4 Å². The largest absolute Gasteiger partial charge is 0.493 e. The summed E-state index contributed by atoms with van der Waals surface area (Å²) in [5.41, 5.74) is 4.17. The highest BCUT2D eigenvalue weighted by atomic mass is 16.5. The van der Waals surface area contributed by atoms with Crippen LogP contribution in [0.1, 0.15) is 34.0 Å². The number of nitrogens with one attached hydrogen (secondary N) is 2. The molecule has 7 heteroatoms. The van der Waals surface area contributed by atoms with E-state index in [-0.39, 0.29) is 24.9 Å². The molecule has 0 unspecified atom stereocenters. The number of para-hydroxylation sites is 1. The van der Waals surface area contributed by atoms with Gasteiger partial charge in [-0.15, -0.1) is 0 Å². The maximum Gasteiger partial charge on any atom is 0.255 e. The summed E-state index contributed by atoms with van der Waals surface area (Å²) in [6.45, 7) is 7.79. The first kappa shape index (κ1) is 22.9.